The molecule has 0 spiro atoms. The van der Waals surface area contributed by atoms with Gasteiger partial charge >= 0.3 is 5.97 Å². The van der Waals surface area contributed by atoms with Crippen molar-refractivity contribution in [3.8, 4) is 11.1 Å². The summed E-state index contributed by atoms with van der Waals surface area (Å²) in [5, 5.41) is 19.5. The summed E-state index contributed by atoms with van der Waals surface area (Å²) in [7, 11) is 0. The molecule has 2 N–H and O–H groups in total. The van der Waals surface area contributed by atoms with Gasteiger partial charge < -0.3 is 24.4 Å². The zero-order valence-corrected chi connectivity index (χ0v) is 9.85. The van der Waals surface area contributed by atoms with Crippen molar-refractivity contribution in [1.29, 1.82) is 0 Å². The molecule has 2 heterocycles. The zero-order valence-electron chi connectivity index (χ0n) is 9.85. The Balaban J connectivity index is 1.46. The predicted molar refractivity (Wildman–Crippen MR) is 61.3 cm³/mol. The molecule has 4 rings (SSSR count). The summed E-state index contributed by atoms with van der Waals surface area (Å²) in [6.07, 6.45) is -4.23. The Morgan fingerprint density at radius 3 is 2.74 bits per heavy atom. The van der Waals surface area contributed by atoms with Gasteiger partial charge in [0, 0.05) is 0 Å². The van der Waals surface area contributed by atoms with Crippen LogP contribution in [0.1, 0.15) is 10.4 Å². The van der Waals surface area contributed by atoms with E-state index in [1.807, 2.05) is 12.1 Å². The van der Waals surface area contributed by atoms with E-state index in [0.717, 1.165) is 11.1 Å². The smallest absolute Gasteiger partial charge is 0.341 e. The summed E-state index contributed by atoms with van der Waals surface area (Å²) in [6.45, 7) is 0.124. The summed E-state index contributed by atoms with van der Waals surface area (Å²) in [5.74, 6) is -0.526. The number of rotatable bonds is 2. The van der Waals surface area contributed by atoms with E-state index in [0.29, 0.717) is 5.56 Å². The highest BCUT2D eigenvalue weighted by atomic mass is 16.7. The van der Waals surface area contributed by atoms with Gasteiger partial charge in [-0.05, 0) is 17.2 Å². The third kappa shape index (κ3) is 1.48. The monoisotopic (exact) mass is 264 g/mol. The van der Waals surface area contributed by atoms with E-state index in [4.69, 9.17) is 14.2 Å². The van der Waals surface area contributed by atoms with Gasteiger partial charge in [-0.1, -0.05) is 12.1 Å². The first-order valence-corrected chi connectivity index (χ1v) is 6.14. The molecule has 0 amide bonds. The maximum atomic E-state index is 11.9. The molecule has 0 aromatic rings. The van der Waals surface area contributed by atoms with E-state index < -0.39 is 36.7 Å². The molecule has 2 aliphatic carbocycles. The second-order valence-electron chi connectivity index (χ2n) is 4.99. The first kappa shape index (κ1) is 11.4. The molecule has 2 fully saturated rings. The van der Waals surface area contributed by atoms with Crippen molar-refractivity contribution in [2.24, 2.45) is 0 Å². The van der Waals surface area contributed by atoms with Crippen molar-refractivity contribution >= 4 is 5.97 Å². The van der Waals surface area contributed by atoms with Gasteiger partial charge in [-0.25, -0.2) is 4.79 Å². The number of hydrogen-bond acceptors (Lipinski definition) is 6. The molecule has 19 heavy (non-hydrogen) atoms. The molecular weight excluding hydrogens is 252 g/mol. The fourth-order valence-electron chi connectivity index (χ4n) is 2.69. The highest BCUT2D eigenvalue weighted by Gasteiger charge is 2.53. The van der Waals surface area contributed by atoms with Gasteiger partial charge in [0.1, 0.15) is 24.4 Å². The minimum Gasteiger partial charge on any atom is -0.429 e. The molecule has 100 valence electrons. The predicted octanol–water partition coefficient (Wildman–Crippen LogP) is -0.331. The number of ether oxygens (including phenoxy) is 3. The summed E-state index contributed by atoms with van der Waals surface area (Å²) >= 11 is 0. The van der Waals surface area contributed by atoms with E-state index in [9.17, 15) is 15.0 Å². The number of aliphatic hydroxyl groups is 2. The normalized spacial score (nSPS) is 38.1. The van der Waals surface area contributed by atoms with Crippen LogP contribution in [0.2, 0.25) is 0 Å². The molecule has 6 nitrogen and oxygen atoms in total. The van der Waals surface area contributed by atoms with Crippen molar-refractivity contribution in [2.75, 3.05) is 6.61 Å². The molecule has 5 atom stereocenters. The Labute approximate surface area is 108 Å². The number of aliphatic hydroxyl groups excluding tert-OH is 2. The third-order valence-corrected chi connectivity index (χ3v) is 3.84. The van der Waals surface area contributed by atoms with E-state index in [1.165, 1.54) is 0 Å². The second-order valence-corrected chi connectivity index (χ2v) is 4.99. The van der Waals surface area contributed by atoms with Crippen LogP contribution < -0.4 is 0 Å². The maximum absolute atomic E-state index is 11.9. The van der Waals surface area contributed by atoms with Crippen LogP contribution >= 0.6 is 0 Å². The van der Waals surface area contributed by atoms with Crippen molar-refractivity contribution in [3.63, 3.8) is 0 Å². The molecular formula is C13H12O6. The molecule has 0 aromatic carbocycles. The van der Waals surface area contributed by atoms with Crippen LogP contribution in [0.25, 0.3) is 11.1 Å². The van der Waals surface area contributed by atoms with Gasteiger partial charge in [0.05, 0.1) is 12.2 Å². The standard InChI is InChI=1S/C13H12O6/c14-8-4-17-11-9(15)13(18-10(8)11)19-12(16)7-3-5-1-2-6(5)7/h1-3,8-11,13-15H,4H2/t8-,9-,10-,11+,13?/m1/s1. The fourth-order valence-corrected chi connectivity index (χ4v) is 2.69. The topological polar surface area (TPSA) is 85.2 Å². The minimum absolute atomic E-state index is 0.124. The molecule has 0 radical (unpaired) electrons. The van der Waals surface area contributed by atoms with Crippen LogP contribution in [0.3, 0.4) is 0 Å². The van der Waals surface area contributed by atoms with Gasteiger partial charge in [-0.3, -0.25) is 0 Å². The molecule has 0 saturated carbocycles. The molecule has 6 heteroatoms. The lowest BCUT2D eigenvalue weighted by molar-refractivity contribution is -0.153. The van der Waals surface area contributed by atoms with E-state index in [-0.39, 0.29) is 6.61 Å². The van der Waals surface area contributed by atoms with Crippen LogP contribution in [-0.2, 0) is 14.2 Å². The van der Waals surface area contributed by atoms with E-state index in [1.54, 1.807) is 6.07 Å². The molecule has 0 aromatic heterocycles. The van der Waals surface area contributed by atoms with Gasteiger partial charge in [0.2, 0.25) is 6.29 Å². The van der Waals surface area contributed by atoms with Crippen LogP contribution in [0, 0.1) is 0 Å². The average Bonchev–Trinajstić information content (AvgIpc) is 2.86. The largest absolute Gasteiger partial charge is 0.429 e. The number of carbonyl (C=O) groups excluding carboxylic acids is 1. The van der Waals surface area contributed by atoms with Gasteiger partial charge in [-0.2, -0.15) is 0 Å². The minimum atomic E-state index is -1.09. The summed E-state index contributed by atoms with van der Waals surface area (Å²) in [4.78, 5) is 11.9. The summed E-state index contributed by atoms with van der Waals surface area (Å²) in [5.41, 5.74) is 2.41. The summed E-state index contributed by atoms with van der Waals surface area (Å²) < 4.78 is 15.7. The lowest BCUT2D eigenvalue weighted by Gasteiger charge is -2.22. The SMILES string of the molecule is O=C(OC1O[C@H]2[C@@H](OC[C@H]2O)[C@H]1O)c1cc2ccc1-2. The van der Waals surface area contributed by atoms with Crippen LogP contribution in [0.5, 0.6) is 0 Å². The number of carbonyl (C=O) groups is 1. The van der Waals surface area contributed by atoms with Gasteiger partial charge in [0.25, 0.3) is 0 Å². The highest BCUT2D eigenvalue weighted by Crippen LogP contribution is 2.38. The molecule has 4 aliphatic rings. The Hall–Kier alpha value is -1.47. The molecule has 2 aliphatic heterocycles. The van der Waals surface area contributed by atoms with Crippen LogP contribution in [-0.4, -0.2) is 53.5 Å². The average molecular weight is 264 g/mol. The number of esters is 1. The lowest BCUT2D eigenvalue weighted by atomic mass is 9.87. The van der Waals surface area contributed by atoms with Crippen LogP contribution in [0.15, 0.2) is 18.2 Å². The maximum Gasteiger partial charge on any atom is 0.341 e. The van der Waals surface area contributed by atoms with E-state index in [2.05, 4.69) is 0 Å². The van der Waals surface area contributed by atoms with Crippen molar-refractivity contribution in [3.05, 3.63) is 23.8 Å². The lowest BCUT2D eigenvalue weighted by Crippen LogP contribution is -2.34. The number of hydrogen-bond donors (Lipinski definition) is 2. The Morgan fingerprint density at radius 2 is 2.16 bits per heavy atom. The molecule has 2 saturated heterocycles. The first-order valence-electron chi connectivity index (χ1n) is 6.14. The van der Waals surface area contributed by atoms with E-state index >= 15 is 0 Å². The molecule has 1 unspecified atom stereocenters. The number of benzene rings is 1. The Kier molecular flexibility index (Phi) is 2.25. The number of fused-ring (bicyclic) bond motifs is 2. The second kappa shape index (κ2) is 3.77. The first-order chi connectivity index (χ1) is 9.15. The zero-order chi connectivity index (χ0) is 13.1. The fraction of sp³-hybridized carbons (Fsp3) is 0.462. The third-order valence-electron chi connectivity index (χ3n) is 3.84. The Morgan fingerprint density at radius 1 is 1.32 bits per heavy atom. The van der Waals surface area contributed by atoms with Crippen molar-refractivity contribution < 1.29 is 29.2 Å². The molecule has 0 bridgehead atoms. The van der Waals surface area contributed by atoms with Crippen LogP contribution in [0.4, 0.5) is 0 Å². The Bertz CT molecular complexity index is 556. The van der Waals surface area contributed by atoms with Crippen molar-refractivity contribution in [1.82, 2.24) is 0 Å². The quantitative estimate of drug-likeness (QED) is 0.722. The highest BCUT2D eigenvalue weighted by molar-refractivity contribution is 6.04. The van der Waals surface area contributed by atoms with Gasteiger partial charge in [0.15, 0.2) is 0 Å². The summed E-state index contributed by atoms with van der Waals surface area (Å²) in [6, 6.07) is 5.46. The van der Waals surface area contributed by atoms with Crippen molar-refractivity contribution in [2.45, 2.75) is 30.7 Å². The van der Waals surface area contributed by atoms with Gasteiger partial charge in [-0.15, -0.1) is 0 Å².